The number of anilines is 1. The monoisotopic (exact) mass is 392 g/mol. The molecule has 0 fully saturated rings. The molecule has 0 aliphatic carbocycles. The van der Waals surface area contributed by atoms with Crippen molar-refractivity contribution in [1.29, 1.82) is 0 Å². The molecule has 28 heavy (non-hydrogen) atoms. The molecule has 1 aromatic rings. The first-order valence-corrected chi connectivity index (χ1v) is 9.10. The Labute approximate surface area is 164 Å². The second kappa shape index (κ2) is 12.4. The molecule has 0 saturated carbocycles. The molecule has 9 nitrogen and oxygen atoms in total. The molecule has 0 bridgehead atoms. The van der Waals surface area contributed by atoms with Crippen molar-refractivity contribution in [3.63, 3.8) is 0 Å². The number of aliphatic hydroxyl groups excluding tert-OH is 1. The first kappa shape index (κ1) is 23.1. The highest BCUT2D eigenvalue weighted by atomic mass is 16.3. The lowest BCUT2D eigenvalue weighted by atomic mass is 10.0. The molecule has 1 aromatic carbocycles. The Morgan fingerprint density at radius 2 is 1.75 bits per heavy atom. The zero-order valence-electron chi connectivity index (χ0n) is 16.1. The van der Waals surface area contributed by atoms with Crippen molar-refractivity contribution in [3.05, 3.63) is 29.8 Å². The fourth-order valence-electron chi connectivity index (χ4n) is 2.56. The van der Waals surface area contributed by atoms with Crippen LogP contribution in [0.5, 0.6) is 0 Å². The van der Waals surface area contributed by atoms with E-state index in [0.29, 0.717) is 43.5 Å². The third kappa shape index (κ3) is 7.75. The molecule has 0 aromatic heterocycles. The summed E-state index contributed by atoms with van der Waals surface area (Å²) < 4.78 is 0. The first-order chi connectivity index (χ1) is 13.4. The van der Waals surface area contributed by atoms with Crippen LogP contribution in [0.2, 0.25) is 0 Å². The number of hydrogen-bond donors (Lipinski definition) is 5. The van der Waals surface area contributed by atoms with E-state index in [4.69, 9.17) is 5.11 Å². The van der Waals surface area contributed by atoms with Gasteiger partial charge in [0.05, 0.1) is 6.61 Å². The normalized spacial score (nSPS) is 12.6. The second-order valence-electron chi connectivity index (χ2n) is 6.63. The predicted octanol–water partition coefficient (Wildman–Crippen LogP) is -0.101. The molecule has 0 heterocycles. The summed E-state index contributed by atoms with van der Waals surface area (Å²) in [5, 5.41) is 19.5. The number of amides is 4. The molecule has 154 valence electrons. The Morgan fingerprint density at radius 3 is 2.29 bits per heavy atom. The largest absolute Gasteiger partial charge is 0.392 e. The van der Waals surface area contributed by atoms with Crippen molar-refractivity contribution in [1.82, 2.24) is 16.0 Å². The van der Waals surface area contributed by atoms with Crippen molar-refractivity contribution in [2.24, 2.45) is 5.92 Å². The Balaban J connectivity index is 2.83. The van der Waals surface area contributed by atoms with E-state index in [1.165, 1.54) is 0 Å². The van der Waals surface area contributed by atoms with Crippen LogP contribution in [0, 0.1) is 5.92 Å². The van der Waals surface area contributed by atoms with E-state index < -0.39 is 23.9 Å². The number of aliphatic hydroxyl groups is 1. The zero-order valence-corrected chi connectivity index (χ0v) is 16.1. The molecule has 0 aliphatic rings. The summed E-state index contributed by atoms with van der Waals surface area (Å²) in [7, 11) is 0. The third-order valence-electron chi connectivity index (χ3n) is 4.13. The van der Waals surface area contributed by atoms with Crippen LogP contribution in [-0.4, -0.2) is 48.4 Å². The van der Waals surface area contributed by atoms with Crippen molar-refractivity contribution < 1.29 is 24.3 Å². The highest BCUT2D eigenvalue weighted by molar-refractivity contribution is 5.98. The molecular weight excluding hydrogens is 364 g/mol. The van der Waals surface area contributed by atoms with E-state index in [1.807, 2.05) is 0 Å². The van der Waals surface area contributed by atoms with Gasteiger partial charge in [0.2, 0.25) is 24.6 Å². The molecule has 5 N–H and O–H groups in total. The number of hydrogen-bond acceptors (Lipinski definition) is 5. The van der Waals surface area contributed by atoms with Crippen LogP contribution < -0.4 is 21.3 Å². The average molecular weight is 392 g/mol. The van der Waals surface area contributed by atoms with Gasteiger partial charge < -0.3 is 26.4 Å². The maximum Gasteiger partial charge on any atom is 0.246 e. The summed E-state index contributed by atoms with van der Waals surface area (Å²) in [6.07, 6.45) is 1.81. The lowest BCUT2D eigenvalue weighted by molar-refractivity contribution is -0.130. The van der Waals surface area contributed by atoms with Crippen LogP contribution in [0.25, 0.3) is 0 Å². The Hall–Kier alpha value is -2.94. The third-order valence-corrected chi connectivity index (χ3v) is 4.13. The van der Waals surface area contributed by atoms with Gasteiger partial charge in [0.1, 0.15) is 12.1 Å². The first-order valence-electron chi connectivity index (χ1n) is 9.10. The molecule has 9 heteroatoms. The Kier molecular flexibility index (Phi) is 10.3. The minimum Gasteiger partial charge on any atom is -0.392 e. The molecule has 0 saturated heterocycles. The van der Waals surface area contributed by atoms with Crippen LogP contribution in [0.3, 0.4) is 0 Å². The van der Waals surface area contributed by atoms with Gasteiger partial charge in [0.15, 0.2) is 0 Å². The summed E-state index contributed by atoms with van der Waals surface area (Å²) in [6.45, 7) is 3.84. The maximum atomic E-state index is 12.7. The Morgan fingerprint density at radius 1 is 1.07 bits per heavy atom. The minimum absolute atomic E-state index is 0.100. The van der Waals surface area contributed by atoms with Gasteiger partial charge in [-0.2, -0.15) is 0 Å². The predicted molar refractivity (Wildman–Crippen MR) is 104 cm³/mol. The lowest BCUT2D eigenvalue weighted by Crippen LogP contribution is -2.53. The SMILES string of the molecule is CC(C)C(NC=O)C(=O)N[C@H](CCCNC=O)C(=O)Nc1ccc(CO)cc1. The summed E-state index contributed by atoms with van der Waals surface area (Å²) in [5.41, 5.74) is 1.24. The van der Waals surface area contributed by atoms with Gasteiger partial charge in [-0.15, -0.1) is 0 Å². The minimum atomic E-state index is -0.840. The van der Waals surface area contributed by atoms with Crippen molar-refractivity contribution in [2.45, 2.75) is 45.4 Å². The van der Waals surface area contributed by atoms with Crippen molar-refractivity contribution in [2.75, 3.05) is 11.9 Å². The summed E-state index contributed by atoms with van der Waals surface area (Å²) >= 11 is 0. The van der Waals surface area contributed by atoms with Crippen molar-refractivity contribution in [3.8, 4) is 0 Å². The van der Waals surface area contributed by atoms with Crippen LogP contribution in [-0.2, 0) is 25.8 Å². The van der Waals surface area contributed by atoms with Gasteiger partial charge in [-0.05, 0) is 36.5 Å². The van der Waals surface area contributed by atoms with E-state index >= 15 is 0 Å². The van der Waals surface area contributed by atoms with Gasteiger partial charge in [0, 0.05) is 12.2 Å². The number of carbonyl (C=O) groups excluding carboxylic acids is 4. The van der Waals surface area contributed by atoms with Gasteiger partial charge in [-0.3, -0.25) is 19.2 Å². The van der Waals surface area contributed by atoms with E-state index in [1.54, 1.807) is 38.1 Å². The summed E-state index contributed by atoms with van der Waals surface area (Å²) in [5.74, 6) is -1.03. The molecular formula is C19H28N4O5. The van der Waals surface area contributed by atoms with E-state index in [9.17, 15) is 19.2 Å². The molecule has 1 rings (SSSR count). The second-order valence-corrected chi connectivity index (χ2v) is 6.63. The van der Waals surface area contributed by atoms with Crippen LogP contribution >= 0.6 is 0 Å². The van der Waals surface area contributed by atoms with Gasteiger partial charge in [-0.25, -0.2) is 0 Å². The number of rotatable bonds is 13. The number of benzene rings is 1. The average Bonchev–Trinajstić information content (AvgIpc) is 2.68. The fraction of sp³-hybridized carbons (Fsp3) is 0.474. The van der Waals surface area contributed by atoms with E-state index in [0.717, 1.165) is 0 Å². The fourth-order valence-corrected chi connectivity index (χ4v) is 2.56. The topological polar surface area (TPSA) is 137 Å². The van der Waals surface area contributed by atoms with Gasteiger partial charge >= 0.3 is 0 Å². The van der Waals surface area contributed by atoms with Crippen LogP contribution in [0.1, 0.15) is 32.3 Å². The van der Waals surface area contributed by atoms with Crippen molar-refractivity contribution >= 4 is 30.3 Å². The van der Waals surface area contributed by atoms with E-state index in [2.05, 4.69) is 21.3 Å². The lowest BCUT2D eigenvalue weighted by Gasteiger charge is -2.24. The molecule has 1 unspecified atom stereocenters. The summed E-state index contributed by atoms with van der Waals surface area (Å²) in [4.78, 5) is 46.3. The zero-order chi connectivity index (χ0) is 20.9. The van der Waals surface area contributed by atoms with Crippen LogP contribution in [0.4, 0.5) is 5.69 Å². The molecule has 0 aliphatic heterocycles. The molecule has 0 spiro atoms. The Bertz CT molecular complexity index is 648. The standard InChI is InChI=1S/C19H28N4O5/c1-13(2)17(21-12-26)19(28)23-16(4-3-9-20-11-25)18(27)22-15-7-5-14(10-24)6-8-15/h5-8,11-13,16-17,24H,3-4,9-10H2,1-2H3,(H,20,25)(H,21,26)(H,22,27)(H,23,28)/t16-,17?/m1/s1. The smallest absolute Gasteiger partial charge is 0.246 e. The van der Waals surface area contributed by atoms with E-state index in [-0.39, 0.29) is 12.5 Å². The molecule has 0 radical (unpaired) electrons. The molecule has 4 amide bonds. The highest BCUT2D eigenvalue weighted by Crippen LogP contribution is 2.11. The number of carbonyl (C=O) groups is 4. The van der Waals surface area contributed by atoms with Gasteiger partial charge in [-0.1, -0.05) is 26.0 Å². The van der Waals surface area contributed by atoms with Crippen LogP contribution in [0.15, 0.2) is 24.3 Å². The quantitative estimate of drug-likeness (QED) is 0.236. The highest BCUT2D eigenvalue weighted by Gasteiger charge is 2.27. The molecule has 2 atom stereocenters. The maximum absolute atomic E-state index is 12.7. The summed E-state index contributed by atoms with van der Waals surface area (Å²) in [6, 6.07) is 5.07. The number of nitrogens with one attached hydrogen (secondary N) is 4. The van der Waals surface area contributed by atoms with Gasteiger partial charge in [0.25, 0.3) is 0 Å².